The summed E-state index contributed by atoms with van der Waals surface area (Å²) < 4.78 is 20.3. The van der Waals surface area contributed by atoms with E-state index >= 15 is 0 Å². The third kappa shape index (κ3) is 5.97. The normalized spacial score (nSPS) is 45.1. The Balaban J connectivity index is 1.08. The number of alkyl halides is 2. The number of likely N-dealkylation sites (N-methyl/N-ethyl adjacent to an activating group) is 1. The first kappa shape index (κ1) is 26.1. The maximum atomic E-state index is 14.4. The molecular weight excluding hydrogens is 471 g/mol. The van der Waals surface area contributed by atoms with Crippen LogP contribution >= 0.6 is 11.6 Å². The molecule has 2 saturated carbocycles. The van der Waals surface area contributed by atoms with Crippen molar-refractivity contribution in [1.29, 1.82) is 0 Å². The number of halogens is 2. The zero-order valence-electron chi connectivity index (χ0n) is 21.0. The van der Waals surface area contributed by atoms with E-state index in [4.69, 9.17) is 16.3 Å². The number of fused-ring (bicyclic) bond motifs is 1. The fourth-order valence-electron chi connectivity index (χ4n) is 7.15. The minimum absolute atomic E-state index is 0.00214. The smallest absolute Gasteiger partial charge is 0.223 e. The Morgan fingerprint density at radius 2 is 1.94 bits per heavy atom. The highest BCUT2D eigenvalue weighted by Gasteiger charge is 2.42. The molecule has 5 fully saturated rings. The van der Waals surface area contributed by atoms with Gasteiger partial charge in [-0.2, -0.15) is 0 Å². The maximum Gasteiger partial charge on any atom is 0.223 e. The summed E-state index contributed by atoms with van der Waals surface area (Å²) >= 11 is 6.58. The summed E-state index contributed by atoms with van der Waals surface area (Å²) in [5, 5.41) is 10.4. The summed E-state index contributed by atoms with van der Waals surface area (Å²) in [6.45, 7) is 3.40. The van der Waals surface area contributed by atoms with E-state index in [9.17, 15) is 9.18 Å². The summed E-state index contributed by atoms with van der Waals surface area (Å²) in [7, 11) is 2.06. The predicted molar refractivity (Wildman–Crippen MR) is 134 cm³/mol. The number of hydrogen-bond donors (Lipinski definition) is 5. The predicted octanol–water partition coefficient (Wildman–Crippen LogP) is 1.31. The Morgan fingerprint density at radius 3 is 2.80 bits per heavy atom. The number of ether oxygens (including phenoxy) is 1. The number of rotatable bonds is 6. The van der Waals surface area contributed by atoms with Crippen LogP contribution in [0.4, 0.5) is 4.39 Å². The molecule has 0 aromatic carbocycles. The zero-order valence-corrected chi connectivity index (χ0v) is 21.7. The number of nitrogens with one attached hydrogen (secondary N) is 5. The van der Waals surface area contributed by atoms with Gasteiger partial charge in [-0.05, 0) is 58.0 Å². The molecule has 3 heterocycles. The van der Waals surface area contributed by atoms with Gasteiger partial charge in [-0.15, -0.1) is 11.6 Å². The molecule has 200 valence electrons. The van der Waals surface area contributed by atoms with E-state index in [2.05, 4.69) is 38.7 Å². The molecular formula is C25H44ClFN6O2. The Morgan fingerprint density at radius 1 is 1.09 bits per heavy atom. The Hall–Kier alpha value is -0.550. The molecule has 9 unspecified atom stereocenters. The molecule has 10 heteroatoms. The van der Waals surface area contributed by atoms with Gasteiger partial charge in [0.15, 0.2) is 0 Å². The lowest BCUT2D eigenvalue weighted by molar-refractivity contribution is -0.129. The molecule has 8 nitrogen and oxygen atoms in total. The number of hydrazine groups is 1. The molecule has 3 saturated heterocycles. The second-order valence-corrected chi connectivity index (χ2v) is 12.0. The van der Waals surface area contributed by atoms with Crippen LogP contribution in [0.3, 0.4) is 0 Å². The van der Waals surface area contributed by atoms with Crippen LogP contribution < -0.4 is 26.8 Å². The van der Waals surface area contributed by atoms with Crippen molar-refractivity contribution in [3.05, 3.63) is 0 Å². The van der Waals surface area contributed by atoms with Gasteiger partial charge in [0.1, 0.15) is 6.17 Å². The van der Waals surface area contributed by atoms with E-state index in [0.717, 1.165) is 71.1 Å². The van der Waals surface area contributed by atoms with Crippen LogP contribution in [-0.2, 0) is 9.53 Å². The van der Waals surface area contributed by atoms with E-state index in [1.165, 1.54) is 0 Å². The highest BCUT2D eigenvalue weighted by molar-refractivity contribution is 6.20. The number of nitrogens with zero attached hydrogens (tertiary/aromatic N) is 1. The van der Waals surface area contributed by atoms with Crippen molar-refractivity contribution in [2.45, 2.75) is 87.3 Å². The van der Waals surface area contributed by atoms with Crippen molar-refractivity contribution < 1.29 is 13.9 Å². The van der Waals surface area contributed by atoms with Gasteiger partial charge in [0, 0.05) is 42.3 Å². The van der Waals surface area contributed by atoms with E-state index in [1.54, 1.807) is 0 Å². The van der Waals surface area contributed by atoms with Gasteiger partial charge in [-0.1, -0.05) is 12.8 Å². The number of carbonyl (C=O) groups is 1. The summed E-state index contributed by atoms with van der Waals surface area (Å²) in [5.74, 6) is 1.01. The zero-order chi connectivity index (χ0) is 24.4. The van der Waals surface area contributed by atoms with Gasteiger partial charge in [-0.25, -0.2) is 15.2 Å². The van der Waals surface area contributed by atoms with Gasteiger partial charge < -0.3 is 20.7 Å². The second kappa shape index (κ2) is 11.9. The van der Waals surface area contributed by atoms with Crippen molar-refractivity contribution in [2.24, 2.45) is 23.7 Å². The topological polar surface area (TPSA) is 89.7 Å². The van der Waals surface area contributed by atoms with Gasteiger partial charge in [0.2, 0.25) is 5.91 Å². The molecule has 0 bridgehead atoms. The van der Waals surface area contributed by atoms with Crippen LogP contribution in [-0.4, -0.2) is 86.7 Å². The van der Waals surface area contributed by atoms with E-state index in [-0.39, 0.29) is 41.5 Å². The highest BCUT2D eigenvalue weighted by Crippen LogP contribution is 2.38. The largest absolute Gasteiger partial charge is 0.379 e. The fourth-order valence-corrected chi connectivity index (χ4v) is 7.56. The fraction of sp³-hybridized carbons (Fsp3) is 0.960. The van der Waals surface area contributed by atoms with Gasteiger partial charge in [0.05, 0.1) is 31.6 Å². The van der Waals surface area contributed by atoms with Gasteiger partial charge in [-0.3, -0.25) is 9.69 Å². The Bertz CT molecular complexity index is 721. The second-order valence-electron chi connectivity index (χ2n) is 11.5. The quantitative estimate of drug-likeness (QED) is 0.341. The lowest BCUT2D eigenvalue weighted by atomic mass is 9.74. The standard InChI is InChI=1S/C25H44ClFN6O2/c1-33-23(31-32-24(33)18-8-9-28-11-21(18)27)12-29-16-5-2-4-15(10-16)25(34)30-22-14-35-13-19-17(22)6-3-7-20(19)26/h15-24,28-29,31-32H,2-14H2,1H3,(H,30,34)/t15?,16?,17?,18?,19?,20?,21?,22-,23?,24?/m1/s1. The first-order valence-corrected chi connectivity index (χ1v) is 14.3. The number of amides is 1. The van der Waals surface area contributed by atoms with Crippen molar-refractivity contribution in [2.75, 3.05) is 39.9 Å². The third-order valence-corrected chi connectivity index (χ3v) is 9.86. The summed E-state index contributed by atoms with van der Waals surface area (Å²) in [4.78, 5) is 15.4. The van der Waals surface area contributed by atoms with Crippen molar-refractivity contribution in [3.63, 3.8) is 0 Å². The first-order valence-electron chi connectivity index (χ1n) is 13.8. The Labute approximate surface area is 214 Å². The maximum absolute atomic E-state index is 14.4. The molecule has 10 atom stereocenters. The summed E-state index contributed by atoms with van der Waals surface area (Å²) in [5.41, 5.74) is 6.68. The van der Waals surface area contributed by atoms with Gasteiger partial charge >= 0.3 is 0 Å². The van der Waals surface area contributed by atoms with Crippen LogP contribution in [0.25, 0.3) is 0 Å². The molecule has 0 aromatic heterocycles. The number of piperidine rings is 1. The monoisotopic (exact) mass is 514 g/mol. The SMILES string of the molecule is CN1C(CNC2CCCC(C(=O)N[C@@H]3COCC4C(Cl)CCCC43)C2)NNC1C1CCNCC1F. The number of carbonyl (C=O) groups excluding carboxylic acids is 1. The average Bonchev–Trinajstić information content (AvgIpc) is 3.24. The molecule has 5 rings (SSSR count). The van der Waals surface area contributed by atoms with Crippen molar-refractivity contribution >= 4 is 17.5 Å². The van der Waals surface area contributed by atoms with Crippen LogP contribution in [0.5, 0.6) is 0 Å². The van der Waals surface area contributed by atoms with Gasteiger partial charge in [0.25, 0.3) is 0 Å². The molecule has 5 aliphatic rings. The molecule has 1 amide bonds. The molecule has 0 radical (unpaired) electrons. The summed E-state index contributed by atoms with van der Waals surface area (Å²) in [6.07, 6.45) is 7.38. The van der Waals surface area contributed by atoms with Crippen molar-refractivity contribution in [1.82, 2.24) is 31.7 Å². The molecule has 2 aliphatic carbocycles. The molecule has 0 aromatic rings. The average molecular weight is 515 g/mol. The third-order valence-electron chi connectivity index (χ3n) is 9.32. The lowest BCUT2D eigenvalue weighted by Crippen LogP contribution is -2.55. The molecule has 5 N–H and O–H groups in total. The Kier molecular flexibility index (Phi) is 8.85. The lowest BCUT2D eigenvalue weighted by Gasteiger charge is -2.44. The first-order chi connectivity index (χ1) is 17.0. The van der Waals surface area contributed by atoms with E-state index in [1.807, 2.05) is 0 Å². The highest BCUT2D eigenvalue weighted by atomic mass is 35.5. The summed E-state index contributed by atoms with van der Waals surface area (Å²) in [6, 6.07) is 0.406. The minimum atomic E-state index is -0.830. The molecule has 3 aliphatic heterocycles. The van der Waals surface area contributed by atoms with E-state index < -0.39 is 6.17 Å². The number of hydrogen-bond acceptors (Lipinski definition) is 7. The minimum Gasteiger partial charge on any atom is -0.379 e. The molecule has 0 spiro atoms. The van der Waals surface area contributed by atoms with Crippen LogP contribution in [0, 0.1) is 23.7 Å². The molecule has 35 heavy (non-hydrogen) atoms. The van der Waals surface area contributed by atoms with Crippen LogP contribution in [0.2, 0.25) is 0 Å². The van der Waals surface area contributed by atoms with Crippen LogP contribution in [0.15, 0.2) is 0 Å². The van der Waals surface area contributed by atoms with Crippen LogP contribution in [0.1, 0.15) is 51.4 Å². The van der Waals surface area contributed by atoms with E-state index in [0.29, 0.717) is 31.0 Å². The van der Waals surface area contributed by atoms with Crippen molar-refractivity contribution in [3.8, 4) is 0 Å².